The SMILES string of the molecule is CN1CCC(n2c([C@@H](Cc3cc(Br)c(N)c(Br)c3)NC(=O)N3CCC(N4CCc5ccccc5NC4=O)CC3)nc3ccccc32)CC1. The van der Waals surface area contributed by atoms with Gasteiger partial charge in [0.05, 0.1) is 22.8 Å². The molecule has 4 aromatic rings. The number of benzene rings is 3. The first-order valence-corrected chi connectivity index (χ1v) is 18.4. The van der Waals surface area contributed by atoms with Gasteiger partial charge in [0.2, 0.25) is 0 Å². The normalized spacial score (nSPS) is 18.8. The third-order valence-electron chi connectivity index (χ3n) is 10.2. The molecule has 0 radical (unpaired) electrons. The van der Waals surface area contributed by atoms with Gasteiger partial charge in [0.1, 0.15) is 5.82 Å². The highest BCUT2D eigenvalue weighted by atomic mass is 79.9. The summed E-state index contributed by atoms with van der Waals surface area (Å²) in [4.78, 5) is 38.7. The molecule has 4 amide bonds. The summed E-state index contributed by atoms with van der Waals surface area (Å²) < 4.78 is 4.00. The van der Waals surface area contributed by atoms with Crippen LogP contribution in [0.15, 0.2) is 69.6 Å². The number of nitrogens with two attached hydrogens (primary N) is 1. The van der Waals surface area contributed by atoms with Gasteiger partial charge in [-0.2, -0.15) is 0 Å². The van der Waals surface area contributed by atoms with Crippen molar-refractivity contribution in [3.05, 3.63) is 86.6 Å². The Morgan fingerprint density at radius 1 is 0.958 bits per heavy atom. The Labute approximate surface area is 298 Å². The zero-order valence-corrected chi connectivity index (χ0v) is 30.3. The number of hydrogen-bond donors (Lipinski definition) is 3. The summed E-state index contributed by atoms with van der Waals surface area (Å²) in [6.45, 7) is 3.85. The molecule has 0 saturated carbocycles. The quantitative estimate of drug-likeness (QED) is 0.184. The molecule has 2 saturated heterocycles. The van der Waals surface area contributed by atoms with Gasteiger partial charge in [-0.3, -0.25) is 0 Å². The second kappa shape index (κ2) is 14.1. The van der Waals surface area contributed by atoms with Crippen LogP contribution in [0.25, 0.3) is 11.0 Å². The third-order valence-corrected chi connectivity index (χ3v) is 11.5. The standard InChI is InChI=1S/C36H42Br2N8O2/c1-43-15-11-26(12-16-43)46-32-9-5-4-8-30(32)40-34(46)31(22-23-20-27(37)33(39)28(38)21-23)42-35(47)44-17-13-25(14-18-44)45-19-10-24-6-2-3-7-29(24)41-36(45)48/h2-9,20-21,25-26,31H,10-19,22,39H2,1H3,(H,41,48)(H,42,47)/t31-/m1/s1. The Bertz CT molecular complexity index is 1790. The number of amides is 4. The number of carbonyl (C=O) groups is 2. The number of nitrogens with one attached hydrogen (secondary N) is 2. The molecule has 0 spiro atoms. The summed E-state index contributed by atoms with van der Waals surface area (Å²) in [5.41, 5.74) is 12.0. The fourth-order valence-corrected chi connectivity index (χ4v) is 8.78. The van der Waals surface area contributed by atoms with E-state index in [-0.39, 0.29) is 30.2 Å². The number of aromatic nitrogens is 2. The molecule has 1 atom stereocenters. The van der Waals surface area contributed by atoms with E-state index in [1.165, 1.54) is 0 Å². The molecular weight excluding hydrogens is 736 g/mol. The van der Waals surface area contributed by atoms with Crippen LogP contribution in [0.1, 0.15) is 54.7 Å². The predicted molar refractivity (Wildman–Crippen MR) is 197 cm³/mol. The van der Waals surface area contributed by atoms with Gasteiger partial charge in [-0.05, 0) is 126 Å². The topological polar surface area (TPSA) is 112 Å². The molecule has 3 aliphatic rings. The summed E-state index contributed by atoms with van der Waals surface area (Å²) in [7, 11) is 2.17. The maximum Gasteiger partial charge on any atom is 0.322 e. The molecule has 48 heavy (non-hydrogen) atoms. The molecule has 3 aliphatic heterocycles. The maximum absolute atomic E-state index is 14.1. The van der Waals surface area contributed by atoms with E-state index in [2.05, 4.69) is 83.3 Å². The minimum Gasteiger partial charge on any atom is -0.397 e. The Morgan fingerprint density at radius 3 is 2.38 bits per heavy atom. The zero-order valence-electron chi connectivity index (χ0n) is 27.2. The largest absolute Gasteiger partial charge is 0.397 e. The van der Waals surface area contributed by atoms with Gasteiger partial charge in [0.25, 0.3) is 0 Å². The number of hydrogen-bond acceptors (Lipinski definition) is 5. The van der Waals surface area contributed by atoms with Crippen molar-refractivity contribution in [2.24, 2.45) is 0 Å². The number of fused-ring (bicyclic) bond motifs is 2. The van der Waals surface area contributed by atoms with Crippen molar-refractivity contribution in [3.63, 3.8) is 0 Å². The van der Waals surface area contributed by atoms with Crippen molar-refractivity contribution >= 4 is 66.3 Å². The van der Waals surface area contributed by atoms with E-state index >= 15 is 0 Å². The van der Waals surface area contributed by atoms with E-state index < -0.39 is 0 Å². The number of rotatable bonds is 6. The van der Waals surface area contributed by atoms with Gasteiger partial charge in [-0.1, -0.05) is 30.3 Å². The fourth-order valence-electron chi connectivity index (χ4n) is 7.50. The number of nitrogens with zero attached hydrogens (tertiary/aromatic N) is 5. The molecular formula is C36H42Br2N8O2. The lowest BCUT2D eigenvalue weighted by atomic mass is 10.0. The van der Waals surface area contributed by atoms with Crippen molar-refractivity contribution in [2.75, 3.05) is 50.8 Å². The van der Waals surface area contributed by atoms with Crippen LogP contribution in [0.5, 0.6) is 0 Å². The summed E-state index contributed by atoms with van der Waals surface area (Å²) in [6.07, 6.45) is 4.86. The van der Waals surface area contributed by atoms with E-state index in [0.29, 0.717) is 31.7 Å². The van der Waals surface area contributed by atoms with Crippen molar-refractivity contribution in [3.8, 4) is 0 Å². The number of anilines is 2. The Kier molecular flexibility index (Phi) is 9.66. The van der Waals surface area contributed by atoms with Crippen LogP contribution < -0.4 is 16.4 Å². The number of halogens is 2. The van der Waals surface area contributed by atoms with Crippen molar-refractivity contribution in [2.45, 2.75) is 56.7 Å². The molecule has 252 valence electrons. The van der Waals surface area contributed by atoms with E-state index in [4.69, 9.17) is 10.7 Å². The lowest BCUT2D eigenvalue weighted by Gasteiger charge is -2.38. The Hall–Kier alpha value is -3.61. The molecule has 0 bridgehead atoms. The van der Waals surface area contributed by atoms with E-state index in [9.17, 15) is 9.59 Å². The number of para-hydroxylation sites is 3. The van der Waals surface area contributed by atoms with Crippen molar-refractivity contribution < 1.29 is 9.59 Å². The van der Waals surface area contributed by atoms with Crippen LogP contribution in [0, 0.1) is 0 Å². The maximum atomic E-state index is 14.1. The average molecular weight is 779 g/mol. The van der Waals surface area contributed by atoms with Crippen LogP contribution in [0.4, 0.5) is 21.0 Å². The Morgan fingerprint density at radius 2 is 1.62 bits per heavy atom. The molecule has 0 aliphatic carbocycles. The summed E-state index contributed by atoms with van der Waals surface area (Å²) in [6, 6.07) is 20.2. The number of likely N-dealkylation sites (tertiary alicyclic amines) is 2. The van der Waals surface area contributed by atoms with Crippen LogP contribution in [0.3, 0.4) is 0 Å². The molecule has 3 aromatic carbocycles. The first kappa shape index (κ1) is 32.9. The lowest BCUT2D eigenvalue weighted by molar-refractivity contribution is 0.132. The van der Waals surface area contributed by atoms with E-state index in [1.807, 2.05) is 46.2 Å². The second-order valence-electron chi connectivity index (χ2n) is 13.3. The van der Waals surface area contributed by atoms with E-state index in [1.54, 1.807) is 0 Å². The highest BCUT2D eigenvalue weighted by Crippen LogP contribution is 2.35. The lowest BCUT2D eigenvalue weighted by Crippen LogP contribution is -2.52. The number of carbonyl (C=O) groups excluding carboxylic acids is 2. The van der Waals surface area contributed by atoms with Crippen LogP contribution in [-0.4, -0.2) is 82.1 Å². The fraction of sp³-hybridized carbons (Fsp3) is 0.417. The van der Waals surface area contributed by atoms with Crippen LogP contribution in [-0.2, 0) is 12.8 Å². The number of nitrogen functional groups attached to an aromatic ring is 1. The highest BCUT2D eigenvalue weighted by molar-refractivity contribution is 9.11. The molecule has 1 aromatic heterocycles. The first-order chi connectivity index (χ1) is 23.2. The summed E-state index contributed by atoms with van der Waals surface area (Å²) >= 11 is 7.23. The van der Waals surface area contributed by atoms with Crippen molar-refractivity contribution in [1.82, 2.24) is 29.6 Å². The molecule has 7 rings (SSSR count). The third kappa shape index (κ3) is 6.79. The number of imidazole rings is 1. The molecule has 0 unspecified atom stereocenters. The van der Waals surface area contributed by atoms with Crippen LogP contribution in [0.2, 0.25) is 0 Å². The predicted octanol–water partition coefficient (Wildman–Crippen LogP) is 6.96. The smallest absolute Gasteiger partial charge is 0.322 e. The molecule has 4 heterocycles. The van der Waals surface area contributed by atoms with Gasteiger partial charge in [-0.25, -0.2) is 14.6 Å². The monoisotopic (exact) mass is 776 g/mol. The molecule has 2 fully saturated rings. The molecule has 10 nitrogen and oxygen atoms in total. The number of piperidine rings is 2. The van der Waals surface area contributed by atoms with E-state index in [0.717, 1.165) is 87.8 Å². The minimum atomic E-state index is -0.375. The Balaban J connectivity index is 1.12. The van der Waals surface area contributed by atoms with Gasteiger partial charge in [0.15, 0.2) is 0 Å². The van der Waals surface area contributed by atoms with Gasteiger partial charge in [0, 0.05) is 52.8 Å². The first-order valence-electron chi connectivity index (χ1n) is 16.8. The summed E-state index contributed by atoms with van der Waals surface area (Å²) in [5.74, 6) is 0.874. The minimum absolute atomic E-state index is 0.0588. The van der Waals surface area contributed by atoms with Crippen molar-refractivity contribution in [1.29, 1.82) is 0 Å². The highest BCUT2D eigenvalue weighted by Gasteiger charge is 2.34. The number of urea groups is 2. The average Bonchev–Trinajstić information content (AvgIpc) is 3.39. The summed E-state index contributed by atoms with van der Waals surface area (Å²) in [5, 5.41) is 6.51. The second-order valence-corrected chi connectivity index (χ2v) is 15.0. The molecule has 4 N–H and O–H groups in total. The zero-order chi connectivity index (χ0) is 33.4. The van der Waals surface area contributed by atoms with Crippen LogP contribution >= 0.6 is 31.9 Å². The van der Waals surface area contributed by atoms with Gasteiger partial charge >= 0.3 is 12.1 Å². The van der Waals surface area contributed by atoms with Gasteiger partial charge < -0.3 is 35.6 Å². The molecule has 12 heteroatoms. The van der Waals surface area contributed by atoms with Gasteiger partial charge in [-0.15, -0.1) is 0 Å².